The number of carboxylic acid groups (broad SMARTS) is 4. The molecule has 8 heterocycles. The maximum Gasteiger partial charge on any atom is 1.00 e. The van der Waals surface area contributed by atoms with Crippen LogP contribution < -0.4 is 29.6 Å². The van der Waals surface area contributed by atoms with Crippen molar-refractivity contribution >= 4 is 76.8 Å². The molecule has 117 heavy (non-hydrogen) atoms. The molecule has 0 aliphatic carbocycles. The van der Waals surface area contributed by atoms with Crippen LogP contribution in [0.3, 0.4) is 0 Å². The third kappa shape index (κ3) is 50.9. The number of ether oxygens (including phenoxy) is 8. The number of hydrogen-bond donors (Lipinski definition) is 8. The predicted octanol–water partition coefficient (Wildman–Crippen LogP) is 4.58. The molecular weight excluding hydrogens is 1740 g/mol. The first-order chi connectivity index (χ1) is 53.3. The summed E-state index contributed by atoms with van der Waals surface area (Å²) in [5.41, 5.74) is -23.2. The van der Waals surface area contributed by atoms with Gasteiger partial charge in [-0.2, -0.15) is 96.9 Å². The molecule has 8 rings (SSSR count). The van der Waals surface area contributed by atoms with Gasteiger partial charge in [0.2, 0.25) is 13.1 Å². The summed E-state index contributed by atoms with van der Waals surface area (Å²) in [4.78, 5) is 47.7. The van der Waals surface area contributed by atoms with Gasteiger partial charge < -0.3 is 100 Å². The molecule has 0 amide bonds. The topological polar surface area (TPSA) is 548 Å². The minimum Gasteiger partial charge on any atom is -0.512 e. The fraction of sp³-hybridized carbons (Fsp3) is 0.857. The number of nitriles is 2. The molecule has 8 N–H and O–H groups in total. The fourth-order valence-electron chi connectivity index (χ4n) is 10.6. The number of rotatable bonds is 26. The van der Waals surface area contributed by atoms with Crippen LogP contribution >= 0.6 is 12.4 Å². The number of aliphatic hydroxyl groups is 4. The second kappa shape index (κ2) is 59.7. The zero-order valence-electron chi connectivity index (χ0n) is 63.1. The molecule has 36 nitrogen and oxygen atoms in total. The molecule has 0 aromatic carbocycles. The molecule has 8 saturated heterocycles. The van der Waals surface area contributed by atoms with Crippen LogP contribution in [0.25, 0.3) is 9.69 Å². The summed E-state index contributed by atoms with van der Waals surface area (Å²) >= 11 is 0. The van der Waals surface area contributed by atoms with Gasteiger partial charge in [-0.15, -0.1) is 16.0 Å². The van der Waals surface area contributed by atoms with Gasteiger partial charge in [-0.25, -0.2) is 13.1 Å². The molecular formula is C63H95ClF12N5NaO31S4. The average molecular weight is 1830 g/mol. The van der Waals surface area contributed by atoms with Crippen molar-refractivity contribution in [1.82, 2.24) is 0 Å². The van der Waals surface area contributed by atoms with Crippen LogP contribution in [-0.2, 0) is 110 Å². The van der Waals surface area contributed by atoms with E-state index in [2.05, 4.69) is 30.2 Å². The maximum absolute atomic E-state index is 11.9. The first-order valence-corrected chi connectivity index (χ1v) is 40.4. The Labute approximate surface area is 696 Å². The molecule has 674 valence electrons. The number of hydrogen-bond acceptors (Lipinski definition) is 30. The summed E-state index contributed by atoms with van der Waals surface area (Å²) in [6, 6.07) is 4.14. The molecule has 0 spiro atoms. The van der Waals surface area contributed by atoms with Gasteiger partial charge in [0.05, 0.1) is 176 Å². The van der Waals surface area contributed by atoms with E-state index in [4.69, 9.17) is 114 Å². The van der Waals surface area contributed by atoms with Crippen molar-refractivity contribution < 1.29 is 226 Å². The summed E-state index contributed by atoms with van der Waals surface area (Å²) in [7, 11) is -24.7. The number of alkyl halides is 12. The van der Waals surface area contributed by atoms with Crippen molar-refractivity contribution in [1.29, 1.82) is 15.8 Å². The van der Waals surface area contributed by atoms with Crippen LogP contribution in [0.1, 0.15) is 168 Å². The number of aliphatic carboxylic acids is 4. The van der Waals surface area contributed by atoms with Crippen LogP contribution in [0, 0.1) is 47.6 Å². The minimum atomic E-state index is -6.85. The van der Waals surface area contributed by atoms with Crippen molar-refractivity contribution in [3.05, 3.63) is 29.4 Å². The zero-order valence-corrected chi connectivity index (χ0v) is 69.2. The second-order valence-electron chi connectivity index (χ2n) is 25.2. The van der Waals surface area contributed by atoms with Gasteiger partial charge in [0, 0.05) is 0 Å². The molecule has 0 bridgehead atoms. The van der Waals surface area contributed by atoms with E-state index in [9.17, 15) is 106 Å². The van der Waals surface area contributed by atoms with Crippen LogP contribution in [-0.4, -0.2) is 271 Å². The molecule has 16 atom stereocenters. The normalized spacial score (nSPS) is 26.5. The number of carbonyl (C=O) groups is 4. The van der Waals surface area contributed by atoms with E-state index in [1.807, 2.05) is 17.5 Å². The van der Waals surface area contributed by atoms with Crippen molar-refractivity contribution in [3.63, 3.8) is 0 Å². The first kappa shape index (κ1) is 118. The van der Waals surface area contributed by atoms with Gasteiger partial charge >= 0.3 is 116 Å². The number of nitrogens with zero attached hydrogens (tertiary/aromatic N) is 5. The smallest absolute Gasteiger partial charge is 0.512 e. The Bertz CT molecular complexity index is 3210. The van der Waals surface area contributed by atoms with Gasteiger partial charge in [-0.3, -0.25) is 27.5 Å². The van der Waals surface area contributed by atoms with E-state index in [0.717, 1.165) is 77.0 Å². The van der Waals surface area contributed by atoms with Gasteiger partial charge in [0.25, 0.3) is 0 Å². The van der Waals surface area contributed by atoms with E-state index in [-0.39, 0.29) is 180 Å². The van der Waals surface area contributed by atoms with E-state index < -0.39 is 112 Å². The Balaban J connectivity index is -0.000000614. The van der Waals surface area contributed by atoms with Gasteiger partial charge in [0.1, 0.15) is 12.2 Å². The molecule has 54 heteroatoms. The van der Waals surface area contributed by atoms with Crippen LogP contribution in [0.4, 0.5) is 52.7 Å². The Hall–Kier alpha value is -5.02. The summed E-state index contributed by atoms with van der Waals surface area (Å²) in [5, 5.41) is 91.0. The maximum atomic E-state index is 11.9. The Kier molecular flexibility index (Phi) is 60.3. The number of halogens is 13. The molecule has 0 saturated carbocycles. The summed E-state index contributed by atoms with van der Waals surface area (Å²) in [6.45, 7) is 21.8. The van der Waals surface area contributed by atoms with Gasteiger partial charge in [-0.1, -0.05) is 13.8 Å². The third-order valence-corrected chi connectivity index (χ3v) is 20.9. The molecule has 0 radical (unpaired) electrons. The molecule has 8 fully saturated rings. The molecule has 0 unspecified atom stereocenters. The van der Waals surface area contributed by atoms with Gasteiger partial charge in [0.15, 0.2) is 0 Å². The summed E-state index contributed by atoms with van der Waals surface area (Å²) in [6.07, 6.45) is 12.5. The van der Waals surface area contributed by atoms with Gasteiger partial charge in [-0.05, 0) is 116 Å². The van der Waals surface area contributed by atoms with E-state index in [0.29, 0.717) is 64.5 Å². The SMILES string of the molecule is CC[C@@H]1CC[C@@H](COS(=O)(=O)C(F)(F)F)O1.CC[C@@H]1CC[C@H](COS(=O)(=O)C(F)(F)F)O1.Cl.O=C(O)C[C@@H]1CC[C@@H](CC(=O)O)O1.O=C(O)C[C@H]1CC[C@@H](CC(=O)O)O1.O=S(=O)(OS(=O)(=O)C(F)(F)F)C(F)(F)F.OC[C@@H]1CC[C@@H](CO)O1.OC[C@@H]1CC[C@H](CO)O1.[C-]#N.[C-]#[N+]C[C@@H]1CC[C@@H](CC#N)O1.[C-]#[N+]C[C@@H]1CC[C@@H](CC#N)O1.[Na+]. The van der Waals surface area contributed by atoms with Crippen molar-refractivity contribution in [3.8, 4) is 12.1 Å². The van der Waals surface area contributed by atoms with Crippen molar-refractivity contribution in [2.45, 2.75) is 288 Å². The first-order valence-electron chi connectivity index (χ1n) is 34.8. The summed E-state index contributed by atoms with van der Waals surface area (Å²) in [5.74, 6) is -3.61. The number of carboxylic acids is 4. The zero-order chi connectivity index (χ0) is 88.8. The Morgan fingerprint density at radius 1 is 0.368 bits per heavy atom. The van der Waals surface area contributed by atoms with Crippen molar-refractivity contribution in [2.24, 2.45) is 0 Å². The molecule has 0 aromatic heterocycles. The second-order valence-corrected chi connectivity index (χ2v) is 31.7. The molecule has 8 aliphatic rings. The van der Waals surface area contributed by atoms with Crippen molar-refractivity contribution in [2.75, 3.05) is 52.7 Å². The summed E-state index contributed by atoms with van der Waals surface area (Å²) < 4.78 is 274. The Morgan fingerprint density at radius 3 is 0.744 bits per heavy atom. The fourth-order valence-corrected chi connectivity index (χ4v) is 13.1. The van der Waals surface area contributed by atoms with E-state index in [1.165, 1.54) is 0 Å². The monoisotopic (exact) mass is 1830 g/mol. The van der Waals surface area contributed by atoms with Crippen LogP contribution in [0.2, 0.25) is 0 Å². The molecule has 8 aliphatic heterocycles. The third-order valence-electron chi connectivity index (χ3n) is 16.3. The van der Waals surface area contributed by atoms with Crippen LogP contribution in [0.5, 0.6) is 0 Å². The standard InChI is InChI=1S/2C8H13F3O4S.2C8H10N2O.2C8H12O5.2C6H12O3.C2F6O5S2.CN.ClH.Na/c2*1-2-6-3-4-7(15-6)5-14-16(12,13)8(9,10)11;2*1-10-6-8-3-2-7(11-8)4-5-9;2*9-7(10)3-5-1-2-6(13-5)4-8(11)12;2*7-3-5-1-2-6(4-8)9-5;3-1(4,5)14(9,10)13-15(11,12)2(6,7)8;1-2;;/h2*6-7H,2-5H2,1H3;2*7-8H,2-4,6H2;2*5-6H,1-4H2,(H,9,10)(H,11,12);2*5-8H,1-4H2;;;1H;/q;;;;;;;;;-1;;+1/t6-,7+;6-,7-;2*7-,8-;5-,6+;5-,6-;5-,6+;5-,6-;;;;/m1100.0.0..../s1. The average Bonchev–Trinajstić information content (AvgIpc) is 0.970. The van der Waals surface area contributed by atoms with E-state index in [1.54, 1.807) is 0 Å². The van der Waals surface area contributed by atoms with Crippen LogP contribution in [0.15, 0.2) is 0 Å². The molecule has 0 aromatic rings. The number of aliphatic hydroxyl groups excluding tert-OH is 4. The van der Waals surface area contributed by atoms with E-state index >= 15 is 0 Å². The predicted molar refractivity (Wildman–Crippen MR) is 370 cm³/mol. The quantitative estimate of drug-likeness (QED) is 0.0193. The largest absolute Gasteiger partial charge is 1.00 e. The minimum absolute atomic E-state index is 0. The Morgan fingerprint density at radius 2 is 0.556 bits per heavy atom.